The van der Waals surface area contributed by atoms with Gasteiger partial charge in [0.25, 0.3) is 0 Å². The van der Waals surface area contributed by atoms with Crippen LogP contribution in [0.1, 0.15) is 206 Å². The molecule has 1 fully saturated rings. The van der Waals surface area contributed by atoms with Crippen LogP contribution in [-0.2, 0) is 14.3 Å². The van der Waals surface area contributed by atoms with Crippen molar-refractivity contribution in [1.29, 1.82) is 0 Å². The number of hydrogen-bond donors (Lipinski definition) is 6. The van der Waals surface area contributed by atoms with Crippen molar-refractivity contribution < 1.29 is 39.8 Å². The molecule has 9 nitrogen and oxygen atoms in total. The molecule has 0 spiro atoms. The maximum Gasteiger partial charge on any atom is 0.220 e. The summed E-state index contributed by atoms with van der Waals surface area (Å²) in [6, 6.07) is -0.745. The number of allylic oxidation sites excluding steroid dienone is 18. The molecule has 69 heavy (non-hydrogen) atoms. The van der Waals surface area contributed by atoms with Crippen LogP contribution in [0.2, 0.25) is 0 Å². The maximum absolute atomic E-state index is 13.0. The molecular formula is C60H101NO8. The highest BCUT2D eigenvalue weighted by Gasteiger charge is 2.44. The van der Waals surface area contributed by atoms with Gasteiger partial charge in [0.15, 0.2) is 6.29 Å². The average Bonchev–Trinajstić information content (AvgIpc) is 3.35. The van der Waals surface area contributed by atoms with Crippen molar-refractivity contribution in [2.24, 2.45) is 0 Å². The van der Waals surface area contributed by atoms with Gasteiger partial charge in [-0.15, -0.1) is 0 Å². The summed E-state index contributed by atoms with van der Waals surface area (Å²) >= 11 is 0. The molecule has 0 radical (unpaired) electrons. The summed E-state index contributed by atoms with van der Waals surface area (Å²) in [6.07, 6.45) is 63.9. The molecular weight excluding hydrogens is 863 g/mol. The van der Waals surface area contributed by atoms with Gasteiger partial charge in [-0.3, -0.25) is 4.79 Å². The number of nitrogens with one attached hydrogen (secondary N) is 1. The predicted octanol–water partition coefficient (Wildman–Crippen LogP) is 13.4. The second-order valence-electron chi connectivity index (χ2n) is 18.6. The summed E-state index contributed by atoms with van der Waals surface area (Å²) < 4.78 is 11.3. The van der Waals surface area contributed by atoms with Crippen molar-refractivity contribution in [2.75, 3.05) is 13.2 Å². The normalized spacial score (nSPS) is 20.4. The summed E-state index contributed by atoms with van der Waals surface area (Å²) in [7, 11) is 0. The van der Waals surface area contributed by atoms with Crippen molar-refractivity contribution in [2.45, 2.75) is 249 Å². The lowest BCUT2D eigenvalue weighted by molar-refractivity contribution is -0.302. The Morgan fingerprint density at radius 1 is 0.507 bits per heavy atom. The molecule has 0 bridgehead atoms. The van der Waals surface area contributed by atoms with Gasteiger partial charge in [0, 0.05) is 6.42 Å². The number of hydrogen-bond acceptors (Lipinski definition) is 8. The van der Waals surface area contributed by atoms with Gasteiger partial charge in [0.05, 0.1) is 25.4 Å². The van der Waals surface area contributed by atoms with Crippen molar-refractivity contribution in [1.82, 2.24) is 5.32 Å². The first kappa shape index (κ1) is 63.9. The highest BCUT2D eigenvalue weighted by Crippen LogP contribution is 2.23. The highest BCUT2D eigenvalue weighted by atomic mass is 16.7. The van der Waals surface area contributed by atoms with Crippen LogP contribution in [0, 0.1) is 0 Å². The number of rotatable bonds is 45. The molecule has 7 unspecified atom stereocenters. The monoisotopic (exact) mass is 964 g/mol. The lowest BCUT2D eigenvalue weighted by Gasteiger charge is -2.40. The third-order valence-corrected chi connectivity index (χ3v) is 12.4. The SMILES string of the molecule is CC/C=C\C/C=C\C/C=C\C/C=C\C/C=C\C/C=C\C/C=C\C/C=C\C/C=C\CCCCCC(=O)NC(COC1OC(CO)C(O)C(O)C1O)C(O)CCCCCCCCCCCCCCCCC. The van der Waals surface area contributed by atoms with E-state index >= 15 is 0 Å². The van der Waals surface area contributed by atoms with Crippen LogP contribution in [0.3, 0.4) is 0 Å². The van der Waals surface area contributed by atoms with E-state index in [1.807, 2.05) is 0 Å². The number of aliphatic hydroxyl groups excluding tert-OH is 5. The fraction of sp³-hybridized carbons (Fsp3) is 0.683. The number of unbranched alkanes of at least 4 members (excludes halogenated alkanes) is 17. The Bertz CT molecular complexity index is 1440. The standard InChI is InChI=1S/C60H101NO8/c1-3-5-7-9-11-13-15-17-19-20-21-22-23-24-25-26-27-28-29-30-31-32-33-34-36-38-40-42-44-46-48-50-56(64)61-53(52-68-60-59(67)58(66)57(65)55(51-62)69-60)54(63)49-47-45-43-41-39-37-35-18-16-14-12-10-8-6-4-2/h5,7,11,13,17,19,21-22,24-25,27-28,30-31,33-34,38,40,53-55,57-60,62-63,65-67H,3-4,6,8-10,12,14-16,18,20,23,26,29,32,35-37,39,41-52H2,1-2H3,(H,61,64)/b7-5-,13-11-,19-17-,22-21-,25-24-,28-27-,31-30-,34-33-,40-38-. The van der Waals surface area contributed by atoms with Crippen LogP contribution in [0.4, 0.5) is 0 Å². The van der Waals surface area contributed by atoms with E-state index in [1.165, 1.54) is 77.0 Å². The van der Waals surface area contributed by atoms with Crippen molar-refractivity contribution in [3.63, 3.8) is 0 Å². The number of ether oxygens (including phenoxy) is 2. The topological polar surface area (TPSA) is 149 Å². The molecule has 1 saturated heterocycles. The number of aliphatic hydroxyl groups is 5. The van der Waals surface area contributed by atoms with Crippen LogP contribution < -0.4 is 5.32 Å². The molecule has 0 aliphatic carbocycles. The Hall–Kier alpha value is -3.15. The molecule has 0 aromatic carbocycles. The quantitative estimate of drug-likeness (QED) is 0.0261. The fourth-order valence-electron chi connectivity index (χ4n) is 8.03. The number of carbonyl (C=O) groups excluding carboxylic acids is 1. The highest BCUT2D eigenvalue weighted by molar-refractivity contribution is 5.76. The van der Waals surface area contributed by atoms with Gasteiger partial charge >= 0.3 is 0 Å². The lowest BCUT2D eigenvalue weighted by atomic mass is 9.99. The molecule has 6 N–H and O–H groups in total. The van der Waals surface area contributed by atoms with E-state index < -0.39 is 49.5 Å². The van der Waals surface area contributed by atoms with Crippen LogP contribution in [0.5, 0.6) is 0 Å². The Kier molecular flexibility index (Phi) is 44.9. The minimum Gasteiger partial charge on any atom is -0.394 e. The molecule has 0 aromatic rings. The van der Waals surface area contributed by atoms with Crippen LogP contribution in [0.15, 0.2) is 109 Å². The van der Waals surface area contributed by atoms with Gasteiger partial charge in [-0.1, -0.05) is 226 Å². The molecule has 1 amide bonds. The van der Waals surface area contributed by atoms with Gasteiger partial charge in [-0.25, -0.2) is 0 Å². The summed E-state index contributed by atoms with van der Waals surface area (Å²) in [4.78, 5) is 13.0. The van der Waals surface area contributed by atoms with E-state index in [0.29, 0.717) is 12.8 Å². The van der Waals surface area contributed by atoms with Gasteiger partial charge in [-0.2, -0.15) is 0 Å². The first-order valence-electron chi connectivity index (χ1n) is 27.6. The summed E-state index contributed by atoms with van der Waals surface area (Å²) in [5, 5.41) is 54.5. The van der Waals surface area contributed by atoms with Crippen LogP contribution >= 0.6 is 0 Å². The van der Waals surface area contributed by atoms with Gasteiger partial charge in [-0.05, 0) is 83.5 Å². The third kappa shape index (κ3) is 38.2. The predicted molar refractivity (Wildman–Crippen MR) is 290 cm³/mol. The third-order valence-electron chi connectivity index (χ3n) is 12.4. The average molecular weight is 964 g/mol. The van der Waals surface area contributed by atoms with Crippen molar-refractivity contribution >= 4 is 5.91 Å². The first-order valence-corrected chi connectivity index (χ1v) is 27.6. The zero-order chi connectivity index (χ0) is 50.1. The second-order valence-corrected chi connectivity index (χ2v) is 18.6. The zero-order valence-corrected chi connectivity index (χ0v) is 43.5. The minimum absolute atomic E-state index is 0.159. The molecule has 1 rings (SSSR count). The minimum atomic E-state index is -1.57. The smallest absolute Gasteiger partial charge is 0.220 e. The molecule has 9 heteroatoms. The van der Waals surface area contributed by atoms with E-state index in [0.717, 1.165) is 103 Å². The molecule has 0 saturated carbocycles. The Balaban J connectivity index is 2.27. The first-order chi connectivity index (χ1) is 33.8. The fourth-order valence-corrected chi connectivity index (χ4v) is 8.03. The summed E-state index contributed by atoms with van der Waals surface area (Å²) in [6.45, 7) is 3.69. The second kappa shape index (κ2) is 48.5. The van der Waals surface area contributed by atoms with E-state index in [2.05, 4.69) is 129 Å². The lowest BCUT2D eigenvalue weighted by Crippen LogP contribution is -2.60. The molecule has 1 heterocycles. The van der Waals surface area contributed by atoms with E-state index in [1.54, 1.807) is 0 Å². The summed E-state index contributed by atoms with van der Waals surface area (Å²) in [5.74, 6) is -0.181. The molecule has 7 atom stereocenters. The molecule has 1 aliphatic rings. The van der Waals surface area contributed by atoms with Gasteiger partial charge in [0.1, 0.15) is 24.4 Å². The molecule has 1 aliphatic heterocycles. The van der Waals surface area contributed by atoms with Gasteiger partial charge in [0.2, 0.25) is 5.91 Å². The van der Waals surface area contributed by atoms with Crippen LogP contribution in [0.25, 0.3) is 0 Å². The largest absolute Gasteiger partial charge is 0.394 e. The van der Waals surface area contributed by atoms with E-state index in [-0.39, 0.29) is 12.5 Å². The summed E-state index contributed by atoms with van der Waals surface area (Å²) in [5.41, 5.74) is 0. The maximum atomic E-state index is 13.0. The molecule has 0 aromatic heterocycles. The Labute approximate surface area is 421 Å². The number of amides is 1. The van der Waals surface area contributed by atoms with Crippen LogP contribution in [-0.4, -0.2) is 87.5 Å². The van der Waals surface area contributed by atoms with Crippen molar-refractivity contribution in [3.05, 3.63) is 109 Å². The zero-order valence-electron chi connectivity index (χ0n) is 43.5. The van der Waals surface area contributed by atoms with E-state index in [4.69, 9.17) is 9.47 Å². The number of carbonyl (C=O) groups is 1. The van der Waals surface area contributed by atoms with Gasteiger partial charge < -0.3 is 40.3 Å². The van der Waals surface area contributed by atoms with E-state index in [9.17, 15) is 30.3 Å². The van der Waals surface area contributed by atoms with Crippen molar-refractivity contribution in [3.8, 4) is 0 Å². The Morgan fingerprint density at radius 3 is 1.32 bits per heavy atom. The molecule has 394 valence electrons. The Morgan fingerprint density at radius 2 is 0.899 bits per heavy atom.